The Kier molecular flexibility index (Phi) is 6.00. The van der Waals surface area contributed by atoms with Gasteiger partial charge in [-0.3, -0.25) is 18.8 Å². The smallest absolute Gasteiger partial charge is 0.271 e. The SMILES string of the molecule is CC1=C(C(=O)Nc2ccccc2C)[C@H](c2ccc(Cl)cc2)n2c(s/c(=C/c3cnn(C)c3)c2=O)=N1. The molecule has 0 bridgehead atoms. The largest absolute Gasteiger partial charge is 0.322 e. The van der Waals surface area contributed by atoms with Crippen molar-refractivity contribution in [3.63, 3.8) is 0 Å². The van der Waals surface area contributed by atoms with E-state index in [1.165, 1.54) is 11.3 Å². The number of nitrogens with zero attached hydrogens (tertiary/aromatic N) is 4. The van der Waals surface area contributed by atoms with E-state index in [1.807, 2.05) is 56.6 Å². The van der Waals surface area contributed by atoms with Gasteiger partial charge in [0.15, 0.2) is 4.80 Å². The number of hydrogen-bond acceptors (Lipinski definition) is 5. The number of allylic oxidation sites excluding steroid dienone is 1. The third-order valence-electron chi connectivity index (χ3n) is 5.87. The zero-order valence-electron chi connectivity index (χ0n) is 19.3. The van der Waals surface area contributed by atoms with Crippen LogP contribution in [0.4, 0.5) is 5.69 Å². The second-order valence-corrected chi connectivity index (χ2v) is 9.80. The van der Waals surface area contributed by atoms with Crippen molar-refractivity contribution in [2.24, 2.45) is 12.0 Å². The van der Waals surface area contributed by atoms with Crippen LogP contribution in [0.1, 0.15) is 29.7 Å². The van der Waals surface area contributed by atoms with Crippen molar-refractivity contribution in [3.8, 4) is 0 Å². The minimum atomic E-state index is -0.649. The predicted octanol–water partition coefficient (Wildman–Crippen LogP) is 3.57. The first-order chi connectivity index (χ1) is 16.8. The summed E-state index contributed by atoms with van der Waals surface area (Å²) in [6.07, 6.45) is 5.32. The van der Waals surface area contributed by atoms with E-state index in [4.69, 9.17) is 11.6 Å². The molecular weight excluding hydrogens is 482 g/mol. The van der Waals surface area contributed by atoms with Crippen LogP contribution in [0.3, 0.4) is 0 Å². The lowest BCUT2D eigenvalue weighted by atomic mass is 9.95. The van der Waals surface area contributed by atoms with Gasteiger partial charge < -0.3 is 5.32 Å². The third kappa shape index (κ3) is 4.38. The van der Waals surface area contributed by atoms with Crippen molar-refractivity contribution in [1.82, 2.24) is 14.3 Å². The second kappa shape index (κ2) is 9.13. The fourth-order valence-corrected chi connectivity index (χ4v) is 5.31. The fraction of sp³-hybridized carbons (Fsp3) is 0.154. The highest BCUT2D eigenvalue weighted by atomic mass is 35.5. The van der Waals surface area contributed by atoms with Crippen LogP contribution in [0.25, 0.3) is 6.08 Å². The molecule has 1 aliphatic rings. The minimum Gasteiger partial charge on any atom is -0.322 e. The normalized spacial score (nSPS) is 15.7. The molecule has 3 heterocycles. The standard InChI is InChI=1S/C26H22ClN5O2S/c1-15-6-4-5-7-20(15)30-24(33)22-16(2)29-26-32(23(22)18-8-10-19(27)11-9-18)25(34)21(35-26)12-17-13-28-31(3)14-17/h4-14,23H,1-3H3,(H,30,33)/b21-12+/t23-/m0/s1. The summed E-state index contributed by atoms with van der Waals surface area (Å²) in [7, 11) is 1.82. The van der Waals surface area contributed by atoms with Crippen LogP contribution in [-0.2, 0) is 11.8 Å². The Balaban J connectivity index is 1.68. The van der Waals surface area contributed by atoms with E-state index < -0.39 is 6.04 Å². The molecule has 0 spiro atoms. The molecule has 4 aromatic rings. The van der Waals surface area contributed by atoms with Gasteiger partial charge in [0.1, 0.15) is 0 Å². The summed E-state index contributed by atoms with van der Waals surface area (Å²) in [5.41, 5.74) is 3.99. The molecule has 7 nitrogen and oxygen atoms in total. The first-order valence-electron chi connectivity index (χ1n) is 11.0. The average Bonchev–Trinajstić information content (AvgIpc) is 3.37. The van der Waals surface area contributed by atoms with Gasteiger partial charge in [-0.1, -0.05) is 53.3 Å². The monoisotopic (exact) mass is 503 g/mol. The highest BCUT2D eigenvalue weighted by Gasteiger charge is 2.32. The van der Waals surface area contributed by atoms with E-state index in [-0.39, 0.29) is 11.5 Å². The lowest BCUT2D eigenvalue weighted by molar-refractivity contribution is -0.113. The van der Waals surface area contributed by atoms with Crippen LogP contribution in [0.5, 0.6) is 0 Å². The van der Waals surface area contributed by atoms with E-state index >= 15 is 0 Å². The first kappa shape index (κ1) is 23.0. The number of benzene rings is 2. The lowest BCUT2D eigenvalue weighted by Crippen LogP contribution is -2.40. The van der Waals surface area contributed by atoms with E-state index in [9.17, 15) is 9.59 Å². The molecule has 176 valence electrons. The number of amides is 1. The van der Waals surface area contributed by atoms with Crippen LogP contribution < -0.4 is 20.2 Å². The van der Waals surface area contributed by atoms with Crippen molar-refractivity contribution < 1.29 is 4.79 Å². The number of aryl methyl sites for hydroxylation is 2. The average molecular weight is 504 g/mol. The van der Waals surface area contributed by atoms with Gasteiger partial charge in [0.05, 0.1) is 28.0 Å². The number of para-hydroxylation sites is 1. The van der Waals surface area contributed by atoms with Gasteiger partial charge in [0.2, 0.25) is 0 Å². The summed E-state index contributed by atoms with van der Waals surface area (Å²) in [4.78, 5) is 32.5. The molecule has 9 heteroatoms. The molecule has 0 fully saturated rings. The Morgan fingerprint density at radius 1 is 1.14 bits per heavy atom. The second-order valence-electron chi connectivity index (χ2n) is 8.35. The third-order valence-corrected chi connectivity index (χ3v) is 7.10. The number of hydrogen-bond donors (Lipinski definition) is 1. The first-order valence-corrected chi connectivity index (χ1v) is 12.1. The molecular formula is C26H22ClN5O2S. The highest BCUT2D eigenvalue weighted by molar-refractivity contribution is 7.07. The summed E-state index contributed by atoms with van der Waals surface area (Å²) in [6.45, 7) is 3.73. The van der Waals surface area contributed by atoms with Crippen LogP contribution >= 0.6 is 22.9 Å². The molecule has 0 aliphatic carbocycles. The van der Waals surface area contributed by atoms with Crippen LogP contribution in [-0.4, -0.2) is 20.3 Å². The van der Waals surface area contributed by atoms with Gasteiger partial charge in [-0.25, -0.2) is 4.99 Å². The number of thiazole rings is 1. The number of carbonyl (C=O) groups excluding carboxylic acids is 1. The maximum atomic E-state index is 13.6. The summed E-state index contributed by atoms with van der Waals surface area (Å²) in [5.74, 6) is -0.304. The fourth-order valence-electron chi connectivity index (χ4n) is 4.14. The number of aromatic nitrogens is 3. The molecule has 0 saturated heterocycles. The Labute approximate surface area is 210 Å². The maximum Gasteiger partial charge on any atom is 0.271 e. The van der Waals surface area contributed by atoms with Crippen molar-refractivity contribution in [2.75, 3.05) is 5.32 Å². The molecule has 5 rings (SSSR count). The zero-order valence-corrected chi connectivity index (χ0v) is 20.9. The molecule has 0 saturated carbocycles. The van der Waals surface area contributed by atoms with Crippen LogP contribution in [0.2, 0.25) is 5.02 Å². The van der Waals surface area contributed by atoms with Gasteiger partial charge in [0, 0.05) is 29.5 Å². The molecule has 1 aliphatic heterocycles. The van der Waals surface area contributed by atoms with E-state index in [1.54, 1.807) is 40.6 Å². The van der Waals surface area contributed by atoms with E-state index in [0.717, 1.165) is 16.7 Å². The number of halogens is 1. The quantitative estimate of drug-likeness (QED) is 0.462. The Bertz CT molecular complexity index is 1660. The van der Waals surface area contributed by atoms with Crippen molar-refractivity contribution in [2.45, 2.75) is 19.9 Å². The zero-order chi connectivity index (χ0) is 24.7. The molecule has 1 amide bonds. The number of carbonyl (C=O) groups is 1. The summed E-state index contributed by atoms with van der Waals surface area (Å²) in [6, 6.07) is 14.1. The lowest BCUT2D eigenvalue weighted by Gasteiger charge is -2.25. The van der Waals surface area contributed by atoms with Gasteiger partial charge >= 0.3 is 0 Å². The molecule has 1 N–H and O–H groups in total. The highest BCUT2D eigenvalue weighted by Crippen LogP contribution is 2.31. The predicted molar refractivity (Wildman–Crippen MR) is 138 cm³/mol. The van der Waals surface area contributed by atoms with Gasteiger partial charge in [-0.15, -0.1) is 0 Å². The Hall–Kier alpha value is -3.75. The van der Waals surface area contributed by atoms with Gasteiger partial charge in [-0.05, 0) is 49.2 Å². The summed E-state index contributed by atoms with van der Waals surface area (Å²) >= 11 is 7.43. The molecule has 2 aromatic heterocycles. The molecule has 2 aromatic carbocycles. The number of rotatable bonds is 4. The molecule has 0 radical (unpaired) electrons. The Morgan fingerprint density at radius 2 is 1.89 bits per heavy atom. The van der Waals surface area contributed by atoms with E-state index in [0.29, 0.717) is 31.3 Å². The number of fused-ring (bicyclic) bond motifs is 1. The summed E-state index contributed by atoms with van der Waals surface area (Å²) in [5, 5.41) is 7.75. The van der Waals surface area contributed by atoms with Gasteiger partial charge in [0.25, 0.3) is 11.5 Å². The van der Waals surface area contributed by atoms with Crippen molar-refractivity contribution in [3.05, 3.63) is 114 Å². The molecule has 1 atom stereocenters. The van der Waals surface area contributed by atoms with Crippen LogP contribution in [0, 0.1) is 6.92 Å². The van der Waals surface area contributed by atoms with Crippen molar-refractivity contribution in [1.29, 1.82) is 0 Å². The van der Waals surface area contributed by atoms with E-state index in [2.05, 4.69) is 15.4 Å². The minimum absolute atomic E-state index is 0.216. The molecule has 35 heavy (non-hydrogen) atoms. The summed E-state index contributed by atoms with van der Waals surface area (Å²) < 4.78 is 3.79. The topological polar surface area (TPSA) is 81.3 Å². The van der Waals surface area contributed by atoms with Gasteiger partial charge in [-0.2, -0.15) is 5.10 Å². The maximum absolute atomic E-state index is 13.6. The number of nitrogens with one attached hydrogen (secondary N) is 1. The van der Waals surface area contributed by atoms with Crippen molar-refractivity contribution >= 4 is 40.6 Å². The Morgan fingerprint density at radius 3 is 2.57 bits per heavy atom. The van der Waals surface area contributed by atoms with Crippen LogP contribution in [0.15, 0.2) is 82.0 Å². The molecule has 0 unspecified atom stereocenters. The number of anilines is 1.